The summed E-state index contributed by atoms with van der Waals surface area (Å²) < 4.78 is 26.4. The number of hydrogen-bond donors (Lipinski definition) is 1. The minimum Gasteiger partial charge on any atom is -0.490 e. The SMILES string of the molecule is CCOc1cc2c(C(=O)Nc3ccc(F)c(Cl)c3)cn(CC(C)C)c(=O)c2cc1OCC. The Morgan fingerprint density at radius 1 is 1.09 bits per heavy atom. The van der Waals surface area contributed by atoms with Crippen molar-refractivity contribution in [2.45, 2.75) is 34.2 Å². The second-order valence-corrected chi connectivity index (χ2v) is 8.09. The summed E-state index contributed by atoms with van der Waals surface area (Å²) in [4.78, 5) is 26.4. The van der Waals surface area contributed by atoms with E-state index in [9.17, 15) is 14.0 Å². The highest BCUT2D eigenvalue weighted by molar-refractivity contribution is 6.31. The molecule has 1 aromatic heterocycles. The fraction of sp³-hybridized carbons (Fsp3) is 0.333. The van der Waals surface area contributed by atoms with Crippen LogP contribution in [0.1, 0.15) is 38.1 Å². The number of pyridine rings is 1. The second-order valence-electron chi connectivity index (χ2n) is 7.69. The number of nitrogens with zero attached hydrogens (tertiary/aromatic N) is 1. The lowest BCUT2D eigenvalue weighted by Crippen LogP contribution is -2.25. The number of fused-ring (bicyclic) bond motifs is 1. The largest absolute Gasteiger partial charge is 0.490 e. The van der Waals surface area contributed by atoms with Gasteiger partial charge in [0.1, 0.15) is 5.82 Å². The van der Waals surface area contributed by atoms with Gasteiger partial charge in [0.2, 0.25) is 0 Å². The summed E-state index contributed by atoms with van der Waals surface area (Å²) >= 11 is 5.84. The molecule has 0 aliphatic rings. The van der Waals surface area contributed by atoms with Gasteiger partial charge in [0.25, 0.3) is 11.5 Å². The molecule has 0 unspecified atom stereocenters. The van der Waals surface area contributed by atoms with Crippen LogP contribution in [0, 0.1) is 11.7 Å². The summed E-state index contributed by atoms with van der Waals surface area (Å²) in [5.74, 6) is 0.0397. The summed E-state index contributed by atoms with van der Waals surface area (Å²) in [6.45, 7) is 8.89. The predicted molar refractivity (Wildman–Crippen MR) is 125 cm³/mol. The van der Waals surface area contributed by atoms with Crippen LogP contribution in [0.25, 0.3) is 10.8 Å². The third-order valence-corrected chi connectivity index (χ3v) is 5.02. The van der Waals surface area contributed by atoms with Crippen LogP contribution in [0.5, 0.6) is 11.5 Å². The van der Waals surface area contributed by atoms with E-state index in [2.05, 4.69) is 5.32 Å². The number of ether oxygens (including phenoxy) is 2. The molecule has 32 heavy (non-hydrogen) atoms. The number of anilines is 1. The van der Waals surface area contributed by atoms with E-state index in [4.69, 9.17) is 21.1 Å². The molecule has 0 saturated carbocycles. The van der Waals surface area contributed by atoms with Gasteiger partial charge >= 0.3 is 0 Å². The number of carbonyl (C=O) groups excluding carboxylic acids is 1. The van der Waals surface area contributed by atoms with Gasteiger partial charge in [0.15, 0.2) is 11.5 Å². The van der Waals surface area contributed by atoms with Gasteiger partial charge in [-0.1, -0.05) is 25.4 Å². The minimum absolute atomic E-state index is 0.0996. The van der Waals surface area contributed by atoms with E-state index in [0.717, 1.165) is 0 Å². The van der Waals surface area contributed by atoms with Crippen LogP contribution in [0.3, 0.4) is 0 Å². The summed E-state index contributed by atoms with van der Waals surface area (Å²) in [6, 6.07) is 7.20. The maximum Gasteiger partial charge on any atom is 0.258 e. The molecule has 2 aromatic carbocycles. The Kier molecular flexibility index (Phi) is 7.40. The Hall–Kier alpha value is -3.06. The van der Waals surface area contributed by atoms with Crippen LogP contribution in [0.4, 0.5) is 10.1 Å². The third kappa shape index (κ3) is 5.05. The number of amides is 1. The first-order chi connectivity index (χ1) is 15.2. The highest BCUT2D eigenvalue weighted by atomic mass is 35.5. The molecule has 0 atom stereocenters. The lowest BCUT2D eigenvalue weighted by Gasteiger charge is -2.17. The average molecular weight is 461 g/mol. The van der Waals surface area contributed by atoms with Crippen molar-refractivity contribution in [3.63, 3.8) is 0 Å². The normalized spacial score (nSPS) is 11.1. The van der Waals surface area contributed by atoms with Crippen LogP contribution in [-0.4, -0.2) is 23.7 Å². The smallest absolute Gasteiger partial charge is 0.258 e. The van der Waals surface area contributed by atoms with E-state index < -0.39 is 11.7 Å². The molecule has 0 saturated heterocycles. The maximum atomic E-state index is 13.5. The molecule has 0 radical (unpaired) electrons. The molecule has 0 bridgehead atoms. The van der Waals surface area contributed by atoms with Gasteiger partial charge in [-0.25, -0.2) is 4.39 Å². The van der Waals surface area contributed by atoms with Crippen molar-refractivity contribution in [3.8, 4) is 11.5 Å². The van der Waals surface area contributed by atoms with Crippen molar-refractivity contribution in [3.05, 3.63) is 63.3 Å². The van der Waals surface area contributed by atoms with E-state index in [1.54, 1.807) is 18.3 Å². The van der Waals surface area contributed by atoms with Crippen LogP contribution in [-0.2, 0) is 6.54 Å². The molecule has 3 rings (SSSR count). The van der Waals surface area contributed by atoms with Gasteiger partial charge < -0.3 is 19.4 Å². The molecule has 0 aliphatic heterocycles. The Labute approximate surface area is 190 Å². The summed E-state index contributed by atoms with van der Waals surface area (Å²) in [7, 11) is 0. The average Bonchev–Trinajstić information content (AvgIpc) is 2.73. The Morgan fingerprint density at radius 3 is 2.28 bits per heavy atom. The first-order valence-corrected chi connectivity index (χ1v) is 10.9. The molecule has 6 nitrogen and oxygen atoms in total. The Bertz CT molecular complexity index is 1210. The fourth-order valence-corrected chi connectivity index (χ4v) is 3.60. The van der Waals surface area contributed by atoms with Crippen molar-refractivity contribution >= 4 is 34.0 Å². The molecule has 1 amide bonds. The van der Waals surface area contributed by atoms with Crippen molar-refractivity contribution in [2.24, 2.45) is 5.92 Å². The topological polar surface area (TPSA) is 69.6 Å². The van der Waals surface area contributed by atoms with Crippen LogP contribution in [0.2, 0.25) is 5.02 Å². The summed E-state index contributed by atoms with van der Waals surface area (Å²) in [5, 5.41) is 3.42. The molecule has 1 N–H and O–H groups in total. The highest BCUT2D eigenvalue weighted by Crippen LogP contribution is 2.33. The monoisotopic (exact) mass is 460 g/mol. The molecular weight excluding hydrogens is 435 g/mol. The summed E-state index contributed by atoms with van der Waals surface area (Å²) in [6.07, 6.45) is 1.54. The first kappa shape index (κ1) is 23.6. The van der Waals surface area contributed by atoms with Gasteiger partial charge in [0.05, 0.1) is 29.2 Å². The molecule has 0 fully saturated rings. The van der Waals surface area contributed by atoms with E-state index in [-0.39, 0.29) is 22.1 Å². The quantitative estimate of drug-likeness (QED) is 0.482. The number of rotatable bonds is 8. The van der Waals surface area contributed by atoms with Crippen molar-refractivity contribution in [1.82, 2.24) is 4.57 Å². The van der Waals surface area contributed by atoms with E-state index >= 15 is 0 Å². The molecule has 3 aromatic rings. The lowest BCUT2D eigenvalue weighted by atomic mass is 10.0. The number of halogens is 2. The number of benzene rings is 2. The second kappa shape index (κ2) is 10.0. The Balaban J connectivity index is 2.20. The van der Waals surface area contributed by atoms with Gasteiger partial charge in [-0.05, 0) is 50.1 Å². The third-order valence-electron chi connectivity index (χ3n) is 4.73. The van der Waals surface area contributed by atoms with Crippen molar-refractivity contribution < 1.29 is 18.7 Å². The first-order valence-electron chi connectivity index (χ1n) is 10.5. The van der Waals surface area contributed by atoms with Crippen molar-refractivity contribution in [2.75, 3.05) is 18.5 Å². The molecule has 8 heteroatoms. The number of aromatic nitrogens is 1. The standard InChI is InChI=1S/C24H26ClFN2O4/c1-5-31-21-10-16-17(11-22(21)32-6-2)24(30)28(12-14(3)4)13-18(16)23(29)27-15-7-8-20(26)19(25)9-15/h7-11,13-14H,5-6,12H2,1-4H3,(H,27,29). The van der Waals surface area contributed by atoms with Gasteiger partial charge in [-0.3, -0.25) is 9.59 Å². The molecule has 0 aliphatic carbocycles. The van der Waals surface area contributed by atoms with Crippen LogP contribution < -0.4 is 20.3 Å². The lowest BCUT2D eigenvalue weighted by molar-refractivity contribution is 0.102. The zero-order chi connectivity index (χ0) is 23.4. The van der Waals surface area contributed by atoms with Gasteiger partial charge in [-0.2, -0.15) is 0 Å². The minimum atomic E-state index is -0.578. The van der Waals surface area contributed by atoms with Crippen LogP contribution >= 0.6 is 11.6 Å². The zero-order valence-corrected chi connectivity index (χ0v) is 19.3. The van der Waals surface area contributed by atoms with E-state index in [0.29, 0.717) is 47.7 Å². The number of carbonyl (C=O) groups is 1. The molecule has 170 valence electrons. The highest BCUT2D eigenvalue weighted by Gasteiger charge is 2.19. The fourth-order valence-electron chi connectivity index (χ4n) is 3.42. The number of nitrogens with one attached hydrogen (secondary N) is 1. The van der Waals surface area contributed by atoms with Crippen molar-refractivity contribution in [1.29, 1.82) is 0 Å². The number of hydrogen-bond acceptors (Lipinski definition) is 4. The molecule has 0 spiro atoms. The summed E-state index contributed by atoms with van der Waals surface area (Å²) in [5.41, 5.74) is 0.399. The molecular formula is C24H26ClFN2O4. The molecule has 1 heterocycles. The Morgan fingerprint density at radius 2 is 1.72 bits per heavy atom. The van der Waals surface area contributed by atoms with Crippen LogP contribution in [0.15, 0.2) is 41.3 Å². The predicted octanol–water partition coefficient (Wildman–Crippen LogP) is 5.50. The zero-order valence-electron chi connectivity index (χ0n) is 18.5. The maximum absolute atomic E-state index is 13.5. The van der Waals surface area contributed by atoms with E-state index in [1.165, 1.54) is 22.8 Å². The van der Waals surface area contributed by atoms with Gasteiger partial charge in [-0.15, -0.1) is 0 Å². The van der Waals surface area contributed by atoms with Gasteiger partial charge in [0, 0.05) is 23.8 Å². The van der Waals surface area contributed by atoms with E-state index in [1.807, 2.05) is 27.7 Å².